The first-order chi connectivity index (χ1) is 11.5. The number of aryl methyl sites for hydroxylation is 1. The molecule has 2 aromatic rings. The van der Waals surface area contributed by atoms with Gasteiger partial charge in [0.05, 0.1) is 5.69 Å². The third kappa shape index (κ3) is 4.54. The number of rotatable bonds is 7. The zero-order valence-electron chi connectivity index (χ0n) is 14.6. The zero-order chi connectivity index (χ0) is 17.5. The molecule has 1 aromatic carbocycles. The van der Waals surface area contributed by atoms with Crippen molar-refractivity contribution < 1.29 is 9.59 Å². The van der Waals surface area contributed by atoms with Crippen LogP contribution in [-0.4, -0.2) is 21.6 Å². The SMILES string of the molecule is CCCCc1c(C)nn(C(=O)CCC(=O)Nc2ccccc2)c1C. The van der Waals surface area contributed by atoms with Crippen molar-refractivity contribution in [2.75, 3.05) is 5.32 Å². The normalized spacial score (nSPS) is 10.6. The molecule has 1 heterocycles. The molecule has 0 aliphatic carbocycles. The van der Waals surface area contributed by atoms with Crippen LogP contribution < -0.4 is 5.32 Å². The van der Waals surface area contributed by atoms with Gasteiger partial charge in [-0.2, -0.15) is 5.10 Å². The molecular weight excluding hydrogens is 302 g/mol. The van der Waals surface area contributed by atoms with Crippen molar-refractivity contribution in [1.82, 2.24) is 9.78 Å². The molecule has 0 bridgehead atoms. The average Bonchev–Trinajstić information content (AvgIpc) is 2.86. The molecule has 0 spiro atoms. The van der Waals surface area contributed by atoms with Gasteiger partial charge in [0.15, 0.2) is 0 Å². The van der Waals surface area contributed by atoms with Crippen molar-refractivity contribution in [3.8, 4) is 0 Å². The van der Waals surface area contributed by atoms with Crippen molar-refractivity contribution in [2.24, 2.45) is 0 Å². The standard InChI is InChI=1S/C19H25N3O2/c1-4-5-11-17-14(2)21-22(15(17)3)19(24)13-12-18(23)20-16-9-7-6-8-10-16/h6-10H,4-5,11-13H2,1-3H3,(H,20,23). The predicted molar refractivity (Wildman–Crippen MR) is 95.2 cm³/mol. The molecule has 5 nitrogen and oxygen atoms in total. The molecule has 1 N–H and O–H groups in total. The Bertz CT molecular complexity index is 705. The number of para-hydroxylation sites is 1. The topological polar surface area (TPSA) is 64.0 Å². The lowest BCUT2D eigenvalue weighted by molar-refractivity contribution is -0.116. The Morgan fingerprint density at radius 2 is 1.83 bits per heavy atom. The van der Waals surface area contributed by atoms with E-state index >= 15 is 0 Å². The molecule has 0 saturated carbocycles. The Kier molecular flexibility index (Phi) is 6.29. The minimum atomic E-state index is -0.165. The summed E-state index contributed by atoms with van der Waals surface area (Å²) >= 11 is 0. The number of hydrogen-bond donors (Lipinski definition) is 1. The highest BCUT2D eigenvalue weighted by Gasteiger charge is 2.17. The van der Waals surface area contributed by atoms with Crippen LogP contribution in [0.1, 0.15) is 54.4 Å². The number of anilines is 1. The van der Waals surface area contributed by atoms with Crippen LogP contribution in [0.25, 0.3) is 0 Å². The molecule has 24 heavy (non-hydrogen) atoms. The van der Waals surface area contributed by atoms with Gasteiger partial charge in [-0.3, -0.25) is 9.59 Å². The number of amides is 1. The highest BCUT2D eigenvalue weighted by Crippen LogP contribution is 2.16. The number of aromatic nitrogens is 2. The van der Waals surface area contributed by atoms with E-state index in [0.717, 1.165) is 41.9 Å². The number of unbranched alkanes of at least 4 members (excludes halogenated alkanes) is 1. The Balaban J connectivity index is 1.94. The van der Waals surface area contributed by atoms with Crippen LogP contribution in [-0.2, 0) is 11.2 Å². The van der Waals surface area contributed by atoms with E-state index in [1.807, 2.05) is 44.2 Å². The van der Waals surface area contributed by atoms with Crippen molar-refractivity contribution in [3.63, 3.8) is 0 Å². The first kappa shape index (κ1) is 17.9. The zero-order valence-corrected chi connectivity index (χ0v) is 14.6. The Labute approximate surface area is 143 Å². The Hall–Kier alpha value is -2.43. The van der Waals surface area contributed by atoms with Crippen molar-refractivity contribution in [2.45, 2.75) is 52.9 Å². The highest BCUT2D eigenvalue weighted by atomic mass is 16.2. The first-order valence-electron chi connectivity index (χ1n) is 8.46. The van der Waals surface area contributed by atoms with Gasteiger partial charge in [0.1, 0.15) is 0 Å². The summed E-state index contributed by atoms with van der Waals surface area (Å²) in [4.78, 5) is 24.3. The highest BCUT2D eigenvalue weighted by molar-refractivity contribution is 5.93. The van der Waals surface area contributed by atoms with E-state index in [1.165, 1.54) is 4.68 Å². The van der Waals surface area contributed by atoms with Crippen molar-refractivity contribution in [1.29, 1.82) is 0 Å². The number of nitrogens with one attached hydrogen (secondary N) is 1. The molecule has 0 radical (unpaired) electrons. The lowest BCUT2D eigenvalue weighted by Gasteiger charge is -2.06. The van der Waals surface area contributed by atoms with Gasteiger partial charge >= 0.3 is 0 Å². The van der Waals surface area contributed by atoms with E-state index in [2.05, 4.69) is 17.3 Å². The second-order valence-corrected chi connectivity index (χ2v) is 5.97. The Morgan fingerprint density at radius 1 is 1.12 bits per heavy atom. The summed E-state index contributed by atoms with van der Waals surface area (Å²) in [7, 11) is 0. The number of nitrogens with zero attached hydrogens (tertiary/aromatic N) is 2. The van der Waals surface area contributed by atoms with Gasteiger partial charge in [-0.15, -0.1) is 0 Å². The second-order valence-electron chi connectivity index (χ2n) is 5.97. The van der Waals surface area contributed by atoms with Crippen molar-refractivity contribution >= 4 is 17.5 Å². The minimum absolute atomic E-state index is 0.137. The number of carbonyl (C=O) groups is 2. The van der Waals surface area contributed by atoms with E-state index < -0.39 is 0 Å². The quantitative estimate of drug-likeness (QED) is 0.839. The third-order valence-corrected chi connectivity index (χ3v) is 4.08. The fourth-order valence-electron chi connectivity index (χ4n) is 2.70. The van der Waals surface area contributed by atoms with Gasteiger partial charge in [-0.1, -0.05) is 31.5 Å². The van der Waals surface area contributed by atoms with Crippen LogP contribution in [0.2, 0.25) is 0 Å². The summed E-state index contributed by atoms with van der Waals surface area (Å²) in [6.07, 6.45) is 3.43. The second kappa shape index (κ2) is 8.43. The third-order valence-electron chi connectivity index (χ3n) is 4.08. The molecule has 0 fully saturated rings. The molecule has 128 valence electrons. The van der Waals surface area contributed by atoms with Crippen molar-refractivity contribution in [3.05, 3.63) is 47.3 Å². The summed E-state index contributed by atoms with van der Waals surface area (Å²) in [6.45, 7) is 6.00. The van der Waals surface area contributed by atoms with Gasteiger partial charge in [-0.25, -0.2) is 4.68 Å². The maximum atomic E-state index is 12.4. The average molecular weight is 327 g/mol. The van der Waals surface area contributed by atoms with E-state index in [0.29, 0.717) is 0 Å². The molecule has 0 atom stereocenters. The summed E-state index contributed by atoms with van der Waals surface area (Å²) in [6, 6.07) is 9.24. The molecule has 1 aromatic heterocycles. The fourth-order valence-corrected chi connectivity index (χ4v) is 2.70. The van der Waals surface area contributed by atoms with Crippen LogP contribution in [0.3, 0.4) is 0 Å². The fraction of sp³-hybridized carbons (Fsp3) is 0.421. The van der Waals surface area contributed by atoms with Gasteiger partial charge < -0.3 is 5.32 Å². The van der Waals surface area contributed by atoms with E-state index in [9.17, 15) is 9.59 Å². The molecule has 0 aliphatic rings. The monoisotopic (exact) mass is 327 g/mol. The van der Waals surface area contributed by atoms with Crippen LogP contribution >= 0.6 is 0 Å². The number of benzene rings is 1. The molecule has 1 amide bonds. The van der Waals surface area contributed by atoms with Gasteiger partial charge in [0.2, 0.25) is 11.8 Å². The largest absolute Gasteiger partial charge is 0.326 e. The molecule has 5 heteroatoms. The molecule has 2 rings (SSSR count). The molecular formula is C19H25N3O2. The van der Waals surface area contributed by atoms with Crippen LogP contribution in [0.4, 0.5) is 5.69 Å². The van der Waals surface area contributed by atoms with Gasteiger partial charge in [-0.05, 0) is 44.4 Å². The van der Waals surface area contributed by atoms with E-state index in [1.54, 1.807) is 0 Å². The maximum Gasteiger partial charge on any atom is 0.247 e. The maximum absolute atomic E-state index is 12.4. The smallest absolute Gasteiger partial charge is 0.247 e. The minimum Gasteiger partial charge on any atom is -0.326 e. The van der Waals surface area contributed by atoms with Crippen LogP contribution in [0.15, 0.2) is 30.3 Å². The lowest BCUT2D eigenvalue weighted by atomic mass is 10.1. The number of hydrogen-bond acceptors (Lipinski definition) is 3. The van der Waals surface area contributed by atoms with Gasteiger partial charge in [0.25, 0.3) is 0 Å². The molecule has 0 saturated heterocycles. The summed E-state index contributed by atoms with van der Waals surface area (Å²) in [5, 5.41) is 7.15. The van der Waals surface area contributed by atoms with Crippen LogP contribution in [0.5, 0.6) is 0 Å². The summed E-state index contributed by atoms with van der Waals surface area (Å²) < 4.78 is 1.45. The lowest BCUT2D eigenvalue weighted by Crippen LogP contribution is -2.18. The Morgan fingerprint density at radius 3 is 2.50 bits per heavy atom. The van der Waals surface area contributed by atoms with E-state index in [-0.39, 0.29) is 24.7 Å². The predicted octanol–water partition coefficient (Wildman–Crippen LogP) is 3.90. The summed E-state index contributed by atoms with van der Waals surface area (Å²) in [5.74, 6) is -0.302. The van der Waals surface area contributed by atoms with Crippen LogP contribution in [0, 0.1) is 13.8 Å². The van der Waals surface area contributed by atoms with E-state index in [4.69, 9.17) is 0 Å². The molecule has 0 unspecified atom stereocenters. The number of carbonyl (C=O) groups excluding carboxylic acids is 2. The molecule has 0 aliphatic heterocycles. The first-order valence-corrected chi connectivity index (χ1v) is 8.46. The van der Waals surface area contributed by atoms with Gasteiger partial charge in [0, 0.05) is 24.2 Å². The summed E-state index contributed by atoms with van der Waals surface area (Å²) in [5.41, 5.74) is 3.69.